The number of amides is 2. The van der Waals surface area contributed by atoms with Gasteiger partial charge in [-0.05, 0) is 36.1 Å². The molecule has 0 saturated heterocycles. The molecule has 32 heavy (non-hydrogen) atoms. The molecule has 4 rings (SSSR count). The van der Waals surface area contributed by atoms with Crippen LogP contribution in [0.4, 0.5) is 5.69 Å². The lowest BCUT2D eigenvalue weighted by Crippen LogP contribution is -2.42. The highest BCUT2D eigenvalue weighted by Gasteiger charge is 2.36. The number of hydrogen-bond donors (Lipinski definition) is 1. The SMILES string of the molecule is O=C(Nc1ccccc1)C1CC=CCC1C(=O)N(Cc1ccccc1)Cc1ccccc1. The van der Waals surface area contributed by atoms with Crippen LogP contribution in [0.5, 0.6) is 0 Å². The molecular weight excluding hydrogens is 396 g/mol. The quantitative estimate of drug-likeness (QED) is 0.514. The van der Waals surface area contributed by atoms with E-state index in [9.17, 15) is 9.59 Å². The van der Waals surface area contributed by atoms with Gasteiger partial charge < -0.3 is 10.2 Å². The largest absolute Gasteiger partial charge is 0.334 e. The maximum Gasteiger partial charge on any atom is 0.228 e. The van der Waals surface area contributed by atoms with Gasteiger partial charge in [-0.3, -0.25) is 9.59 Å². The molecule has 0 spiro atoms. The zero-order chi connectivity index (χ0) is 22.2. The molecule has 0 aromatic heterocycles. The molecule has 2 atom stereocenters. The zero-order valence-electron chi connectivity index (χ0n) is 18.1. The predicted octanol–water partition coefficient (Wildman–Crippen LogP) is 5.44. The lowest BCUT2D eigenvalue weighted by Gasteiger charge is -2.32. The fourth-order valence-electron chi connectivity index (χ4n) is 4.19. The Kier molecular flexibility index (Phi) is 7.13. The van der Waals surface area contributed by atoms with Crippen LogP contribution in [0, 0.1) is 11.8 Å². The summed E-state index contributed by atoms with van der Waals surface area (Å²) in [6, 6.07) is 29.5. The molecule has 1 N–H and O–H groups in total. The van der Waals surface area contributed by atoms with Crippen molar-refractivity contribution in [2.45, 2.75) is 25.9 Å². The Balaban J connectivity index is 1.55. The van der Waals surface area contributed by atoms with E-state index in [1.165, 1.54) is 0 Å². The maximum atomic E-state index is 13.8. The first-order chi connectivity index (χ1) is 15.7. The molecule has 4 heteroatoms. The summed E-state index contributed by atoms with van der Waals surface area (Å²) in [4.78, 5) is 28.8. The average Bonchev–Trinajstić information content (AvgIpc) is 2.85. The number of nitrogens with zero attached hydrogens (tertiary/aromatic N) is 1. The Morgan fingerprint density at radius 2 is 1.16 bits per heavy atom. The fraction of sp³-hybridized carbons (Fsp3) is 0.214. The van der Waals surface area contributed by atoms with Gasteiger partial charge in [-0.1, -0.05) is 91.0 Å². The zero-order valence-corrected chi connectivity index (χ0v) is 18.1. The van der Waals surface area contributed by atoms with Gasteiger partial charge in [-0.15, -0.1) is 0 Å². The van der Waals surface area contributed by atoms with Crippen LogP contribution in [0.25, 0.3) is 0 Å². The number of hydrogen-bond acceptors (Lipinski definition) is 2. The number of rotatable bonds is 7. The van der Waals surface area contributed by atoms with Crippen molar-refractivity contribution in [3.05, 3.63) is 114 Å². The first-order valence-electron chi connectivity index (χ1n) is 11.1. The van der Waals surface area contributed by atoms with Crippen LogP contribution in [-0.4, -0.2) is 16.7 Å². The van der Waals surface area contributed by atoms with Crippen LogP contribution < -0.4 is 5.32 Å². The van der Waals surface area contributed by atoms with E-state index >= 15 is 0 Å². The third kappa shape index (κ3) is 5.52. The van der Waals surface area contributed by atoms with Gasteiger partial charge in [-0.2, -0.15) is 0 Å². The molecule has 3 aromatic rings. The van der Waals surface area contributed by atoms with E-state index in [0.29, 0.717) is 25.9 Å². The highest BCUT2D eigenvalue weighted by molar-refractivity contribution is 5.96. The van der Waals surface area contributed by atoms with Gasteiger partial charge in [0.25, 0.3) is 0 Å². The minimum absolute atomic E-state index is 0.0234. The van der Waals surface area contributed by atoms with E-state index in [4.69, 9.17) is 0 Å². The first-order valence-corrected chi connectivity index (χ1v) is 11.1. The second-order valence-corrected chi connectivity index (χ2v) is 8.18. The topological polar surface area (TPSA) is 49.4 Å². The predicted molar refractivity (Wildman–Crippen MR) is 128 cm³/mol. The Hall–Kier alpha value is -3.66. The summed E-state index contributed by atoms with van der Waals surface area (Å²) in [6.07, 6.45) is 5.18. The highest BCUT2D eigenvalue weighted by Crippen LogP contribution is 2.30. The highest BCUT2D eigenvalue weighted by atomic mass is 16.2. The summed E-state index contributed by atoms with van der Waals surface area (Å²) in [5.41, 5.74) is 2.91. The molecule has 1 aliphatic rings. The number of allylic oxidation sites excluding steroid dienone is 2. The Bertz CT molecular complexity index is 1010. The van der Waals surface area contributed by atoms with Crippen molar-refractivity contribution in [2.24, 2.45) is 11.8 Å². The van der Waals surface area contributed by atoms with Crippen LogP contribution in [0.2, 0.25) is 0 Å². The number of carbonyl (C=O) groups excluding carboxylic acids is 2. The van der Waals surface area contributed by atoms with E-state index in [2.05, 4.69) is 5.32 Å². The van der Waals surface area contributed by atoms with Gasteiger partial charge in [0, 0.05) is 18.8 Å². The van der Waals surface area contributed by atoms with Crippen molar-refractivity contribution in [1.29, 1.82) is 0 Å². The van der Waals surface area contributed by atoms with Crippen molar-refractivity contribution < 1.29 is 9.59 Å². The first kappa shape index (κ1) is 21.6. The number of carbonyl (C=O) groups is 2. The lowest BCUT2D eigenvalue weighted by molar-refractivity contribution is -0.142. The van der Waals surface area contributed by atoms with Gasteiger partial charge in [0.15, 0.2) is 0 Å². The minimum Gasteiger partial charge on any atom is -0.334 e. The normalized spacial score (nSPS) is 17.5. The van der Waals surface area contributed by atoms with Crippen molar-refractivity contribution in [1.82, 2.24) is 4.90 Å². The van der Waals surface area contributed by atoms with E-state index in [1.54, 1.807) is 0 Å². The van der Waals surface area contributed by atoms with Crippen LogP contribution in [0.3, 0.4) is 0 Å². The Morgan fingerprint density at radius 1 is 0.688 bits per heavy atom. The van der Waals surface area contributed by atoms with Crippen LogP contribution >= 0.6 is 0 Å². The lowest BCUT2D eigenvalue weighted by atomic mass is 9.81. The number of anilines is 1. The summed E-state index contributed by atoms with van der Waals surface area (Å²) >= 11 is 0. The van der Waals surface area contributed by atoms with E-state index < -0.39 is 0 Å². The molecule has 0 fully saturated rings. The second-order valence-electron chi connectivity index (χ2n) is 8.18. The fourth-order valence-corrected chi connectivity index (χ4v) is 4.19. The maximum absolute atomic E-state index is 13.8. The molecule has 0 aliphatic heterocycles. The van der Waals surface area contributed by atoms with Gasteiger partial charge in [0.2, 0.25) is 11.8 Å². The van der Waals surface area contributed by atoms with E-state index in [1.807, 2.05) is 108 Å². The van der Waals surface area contributed by atoms with Gasteiger partial charge in [0.05, 0.1) is 11.8 Å². The van der Waals surface area contributed by atoms with Gasteiger partial charge in [-0.25, -0.2) is 0 Å². The molecule has 0 radical (unpaired) electrons. The van der Waals surface area contributed by atoms with E-state index in [0.717, 1.165) is 16.8 Å². The summed E-state index contributed by atoms with van der Waals surface area (Å²) < 4.78 is 0. The molecular formula is C28H28N2O2. The molecule has 2 amide bonds. The summed E-state index contributed by atoms with van der Waals surface area (Å²) in [6.45, 7) is 1.03. The standard InChI is InChI=1S/C28H28N2O2/c31-27(29-24-16-8-3-9-17-24)25-18-10-11-19-26(25)28(32)30(20-22-12-4-1-5-13-22)21-23-14-6-2-7-15-23/h1-17,25-26H,18-21H2,(H,29,31). The van der Waals surface area contributed by atoms with Crippen LogP contribution in [-0.2, 0) is 22.7 Å². The molecule has 2 unspecified atom stereocenters. The van der Waals surface area contributed by atoms with Crippen LogP contribution in [0.15, 0.2) is 103 Å². The summed E-state index contributed by atoms with van der Waals surface area (Å²) in [7, 11) is 0. The van der Waals surface area contributed by atoms with E-state index in [-0.39, 0.29) is 23.7 Å². The molecule has 0 bridgehead atoms. The molecule has 0 heterocycles. The second kappa shape index (κ2) is 10.6. The minimum atomic E-state index is -0.387. The van der Waals surface area contributed by atoms with Crippen LogP contribution in [0.1, 0.15) is 24.0 Å². The molecule has 0 saturated carbocycles. The monoisotopic (exact) mass is 424 g/mol. The molecule has 162 valence electrons. The van der Waals surface area contributed by atoms with Crippen molar-refractivity contribution in [3.8, 4) is 0 Å². The number of nitrogens with one attached hydrogen (secondary N) is 1. The van der Waals surface area contributed by atoms with Crippen molar-refractivity contribution in [3.63, 3.8) is 0 Å². The smallest absolute Gasteiger partial charge is 0.228 e. The van der Waals surface area contributed by atoms with Crippen molar-refractivity contribution >= 4 is 17.5 Å². The Morgan fingerprint density at radius 3 is 1.69 bits per heavy atom. The Labute approximate surface area is 189 Å². The van der Waals surface area contributed by atoms with Gasteiger partial charge >= 0.3 is 0 Å². The molecule has 3 aromatic carbocycles. The third-order valence-corrected chi connectivity index (χ3v) is 5.87. The average molecular weight is 425 g/mol. The van der Waals surface area contributed by atoms with Crippen molar-refractivity contribution in [2.75, 3.05) is 5.32 Å². The summed E-state index contributed by atoms with van der Waals surface area (Å²) in [5, 5.41) is 2.99. The summed E-state index contributed by atoms with van der Waals surface area (Å²) in [5.74, 6) is -0.841. The number of para-hydroxylation sites is 1. The van der Waals surface area contributed by atoms with Gasteiger partial charge in [0.1, 0.15) is 0 Å². The third-order valence-electron chi connectivity index (χ3n) is 5.87. The number of benzene rings is 3. The molecule has 4 nitrogen and oxygen atoms in total. The molecule has 1 aliphatic carbocycles.